The number of pyridine rings is 1. The lowest BCUT2D eigenvalue weighted by Gasteiger charge is -2.15. The molecule has 0 spiro atoms. The van der Waals surface area contributed by atoms with Gasteiger partial charge in [-0.2, -0.15) is 0 Å². The number of hydrogen-bond donors (Lipinski definition) is 1. The van der Waals surface area contributed by atoms with E-state index in [-0.39, 0.29) is 19.1 Å². The molecule has 0 saturated heterocycles. The highest BCUT2D eigenvalue weighted by atomic mass is 16.5. The third-order valence-corrected chi connectivity index (χ3v) is 3.34. The summed E-state index contributed by atoms with van der Waals surface area (Å²) < 4.78 is 21.0. The molecule has 0 amide bonds. The van der Waals surface area contributed by atoms with E-state index in [1.807, 2.05) is 18.2 Å². The molecule has 0 fully saturated rings. The largest absolute Gasteiger partial charge is 0.491 e. The van der Waals surface area contributed by atoms with Crippen LogP contribution in [0.1, 0.15) is 11.5 Å². The van der Waals surface area contributed by atoms with E-state index in [1.165, 1.54) is 12.1 Å². The van der Waals surface area contributed by atoms with Crippen LogP contribution in [0.25, 0.3) is 0 Å². The first kappa shape index (κ1) is 17.6. The number of aromatic nitrogens is 4. The average molecular weight is 358 g/mol. The van der Waals surface area contributed by atoms with Gasteiger partial charge in [-0.05, 0) is 12.1 Å². The van der Waals surface area contributed by atoms with E-state index < -0.39 is 0 Å². The lowest BCUT2D eigenvalue weighted by molar-refractivity contribution is 0.156. The van der Waals surface area contributed by atoms with E-state index in [1.54, 1.807) is 25.4 Å². The number of anilines is 2. The van der Waals surface area contributed by atoms with Gasteiger partial charge in [0.25, 0.3) is 5.88 Å². The summed E-state index contributed by atoms with van der Waals surface area (Å²) in [5.41, 5.74) is 0.758. The summed E-state index contributed by atoms with van der Waals surface area (Å²) in [6, 6.07) is 8.78. The van der Waals surface area contributed by atoms with Crippen molar-refractivity contribution < 1.29 is 18.7 Å². The maximum absolute atomic E-state index is 6.03. The first-order valence-corrected chi connectivity index (χ1v) is 7.65. The van der Waals surface area contributed by atoms with Crippen molar-refractivity contribution in [3.8, 4) is 11.6 Å². The summed E-state index contributed by atoms with van der Waals surface area (Å²) >= 11 is 0. The molecule has 10 heteroatoms. The highest BCUT2D eigenvalue weighted by molar-refractivity contribution is 5.56. The summed E-state index contributed by atoms with van der Waals surface area (Å²) in [6.07, 6.45) is 1.69. The van der Waals surface area contributed by atoms with Gasteiger partial charge >= 0.3 is 0 Å². The Hall–Kier alpha value is -3.24. The van der Waals surface area contributed by atoms with Crippen molar-refractivity contribution in [1.82, 2.24) is 20.3 Å². The van der Waals surface area contributed by atoms with Gasteiger partial charge < -0.3 is 18.7 Å². The highest BCUT2D eigenvalue weighted by Crippen LogP contribution is 2.29. The van der Waals surface area contributed by atoms with Crippen molar-refractivity contribution >= 4 is 11.6 Å². The molecule has 0 radical (unpaired) electrons. The quantitative estimate of drug-likeness (QED) is 0.469. The van der Waals surface area contributed by atoms with Gasteiger partial charge in [0, 0.05) is 25.4 Å². The van der Waals surface area contributed by atoms with Crippen molar-refractivity contribution in [2.45, 2.75) is 13.2 Å². The molecule has 3 rings (SSSR count). The Morgan fingerprint density at radius 1 is 1.12 bits per heavy atom. The minimum absolute atomic E-state index is 0.232. The molecule has 0 aliphatic rings. The average Bonchev–Trinajstić information content (AvgIpc) is 3.15. The summed E-state index contributed by atoms with van der Waals surface area (Å²) in [7, 11) is 3.06. The van der Waals surface area contributed by atoms with E-state index in [4.69, 9.17) is 24.6 Å². The Bertz CT molecular complexity index is 842. The molecule has 10 nitrogen and oxygen atoms in total. The molecule has 136 valence electrons. The SMILES string of the molecule is COCc1cc(N(N)c2cc(OC)c(OCc3ccccn3)nn2)no1. The van der Waals surface area contributed by atoms with Crippen LogP contribution >= 0.6 is 0 Å². The molecule has 3 heterocycles. The molecule has 0 unspecified atom stereocenters. The van der Waals surface area contributed by atoms with Gasteiger partial charge in [-0.3, -0.25) is 4.98 Å². The number of nitrogens with two attached hydrogens (primary N) is 1. The van der Waals surface area contributed by atoms with Gasteiger partial charge in [0.15, 0.2) is 23.1 Å². The van der Waals surface area contributed by atoms with Crippen LogP contribution in [-0.2, 0) is 18.0 Å². The van der Waals surface area contributed by atoms with Crippen LogP contribution in [0.2, 0.25) is 0 Å². The second-order valence-corrected chi connectivity index (χ2v) is 5.14. The number of ether oxygens (including phenoxy) is 3. The molecule has 0 aliphatic heterocycles. The summed E-state index contributed by atoms with van der Waals surface area (Å²) in [4.78, 5) is 4.18. The zero-order valence-electron chi connectivity index (χ0n) is 14.3. The summed E-state index contributed by atoms with van der Waals surface area (Å²) in [5.74, 6) is 7.84. The second-order valence-electron chi connectivity index (χ2n) is 5.14. The van der Waals surface area contributed by atoms with Crippen LogP contribution in [0.4, 0.5) is 11.6 Å². The van der Waals surface area contributed by atoms with Crippen molar-refractivity contribution in [2.24, 2.45) is 5.84 Å². The van der Waals surface area contributed by atoms with E-state index in [0.717, 1.165) is 5.69 Å². The molecule has 0 bridgehead atoms. The lowest BCUT2D eigenvalue weighted by Crippen LogP contribution is -2.26. The van der Waals surface area contributed by atoms with E-state index in [9.17, 15) is 0 Å². The van der Waals surface area contributed by atoms with Crippen molar-refractivity contribution in [1.29, 1.82) is 0 Å². The number of hydrazine groups is 1. The lowest BCUT2D eigenvalue weighted by atomic mass is 10.4. The molecular weight excluding hydrogens is 340 g/mol. The molecule has 0 saturated carbocycles. The summed E-state index contributed by atoms with van der Waals surface area (Å²) in [5, 5.41) is 13.2. The monoisotopic (exact) mass is 358 g/mol. The molecule has 26 heavy (non-hydrogen) atoms. The van der Waals surface area contributed by atoms with E-state index in [2.05, 4.69) is 20.3 Å². The maximum Gasteiger partial charge on any atom is 0.276 e. The Morgan fingerprint density at radius 3 is 2.73 bits per heavy atom. The van der Waals surface area contributed by atoms with Crippen LogP contribution in [0, 0.1) is 0 Å². The summed E-state index contributed by atoms with van der Waals surface area (Å²) in [6.45, 7) is 0.525. The van der Waals surface area contributed by atoms with Crippen LogP contribution in [0.3, 0.4) is 0 Å². The fourth-order valence-corrected chi connectivity index (χ4v) is 2.09. The van der Waals surface area contributed by atoms with Gasteiger partial charge in [-0.25, -0.2) is 10.9 Å². The zero-order valence-corrected chi connectivity index (χ0v) is 14.3. The Morgan fingerprint density at radius 2 is 2.00 bits per heavy atom. The fourth-order valence-electron chi connectivity index (χ4n) is 2.09. The van der Waals surface area contributed by atoms with Gasteiger partial charge in [-0.1, -0.05) is 11.2 Å². The molecule has 3 aromatic rings. The standard InChI is InChI=1S/C16H18N6O4/c1-23-10-12-7-15(21-26-12)22(17)14-8-13(24-2)16(20-19-14)25-9-11-5-3-4-6-18-11/h3-8H,9-10,17H2,1-2H3. The van der Waals surface area contributed by atoms with Crippen molar-refractivity contribution in [2.75, 3.05) is 19.2 Å². The normalized spacial score (nSPS) is 10.6. The van der Waals surface area contributed by atoms with E-state index >= 15 is 0 Å². The predicted molar refractivity (Wildman–Crippen MR) is 90.7 cm³/mol. The first-order chi connectivity index (χ1) is 12.7. The third kappa shape index (κ3) is 4.05. The Kier molecular flexibility index (Phi) is 5.56. The van der Waals surface area contributed by atoms with Gasteiger partial charge in [-0.15, -0.1) is 10.2 Å². The van der Waals surface area contributed by atoms with E-state index in [0.29, 0.717) is 23.1 Å². The number of rotatable bonds is 8. The third-order valence-electron chi connectivity index (χ3n) is 3.34. The molecule has 0 aliphatic carbocycles. The molecule has 0 aromatic carbocycles. The van der Waals surface area contributed by atoms with Crippen molar-refractivity contribution in [3.05, 3.63) is 48.0 Å². The number of methoxy groups -OCH3 is 2. The smallest absolute Gasteiger partial charge is 0.276 e. The molecule has 0 atom stereocenters. The molecule has 2 N–H and O–H groups in total. The van der Waals surface area contributed by atoms with Crippen molar-refractivity contribution in [3.63, 3.8) is 0 Å². The van der Waals surface area contributed by atoms with Crippen LogP contribution in [0.5, 0.6) is 11.6 Å². The number of nitrogens with zero attached hydrogens (tertiary/aromatic N) is 5. The zero-order chi connectivity index (χ0) is 18.4. The van der Waals surface area contributed by atoms with Crippen LogP contribution in [-0.4, -0.2) is 34.6 Å². The minimum Gasteiger partial charge on any atom is -0.491 e. The predicted octanol–water partition coefficient (Wildman–Crippen LogP) is 1.61. The second kappa shape index (κ2) is 8.23. The van der Waals surface area contributed by atoms with Gasteiger partial charge in [0.05, 0.1) is 12.8 Å². The van der Waals surface area contributed by atoms with Crippen LogP contribution < -0.4 is 20.3 Å². The number of hydrogen-bond acceptors (Lipinski definition) is 10. The van der Waals surface area contributed by atoms with Gasteiger partial charge in [0.1, 0.15) is 13.2 Å². The first-order valence-electron chi connectivity index (χ1n) is 7.65. The highest BCUT2D eigenvalue weighted by Gasteiger charge is 2.17. The molecular formula is C16H18N6O4. The Balaban J connectivity index is 1.74. The fraction of sp³-hybridized carbons (Fsp3) is 0.250. The molecule has 3 aromatic heterocycles. The van der Waals surface area contributed by atoms with Crippen LogP contribution in [0.15, 0.2) is 41.1 Å². The Labute approximate surface area is 149 Å². The topological polar surface area (TPSA) is 122 Å². The minimum atomic E-state index is 0.232. The maximum atomic E-state index is 6.03. The van der Waals surface area contributed by atoms with Gasteiger partial charge in [0.2, 0.25) is 0 Å².